The molecule has 4 nitrogen and oxygen atoms in total. The van der Waals surface area contributed by atoms with E-state index in [1.54, 1.807) is 6.92 Å². The molecule has 88 valence electrons. The molecule has 1 aliphatic rings. The van der Waals surface area contributed by atoms with Gasteiger partial charge in [0.25, 0.3) is 0 Å². The summed E-state index contributed by atoms with van der Waals surface area (Å²) >= 11 is 0. The summed E-state index contributed by atoms with van der Waals surface area (Å²) in [5.41, 5.74) is 5.70. The first-order valence-electron chi connectivity index (χ1n) is 5.66. The normalized spacial score (nSPS) is 27.5. The first-order chi connectivity index (χ1) is 6.93. The van der Waals surface area contributed by atoms with Gasteiger partial charge in [-0.2, -0.15) is 0 Å². The predicted octanol–water partition coefficient (Wildman–Crippen LogP) is 0.199. The van der Waals surface area contributed by atoms with Crippen LogP contribution in [-0.2, 0) is 4.79 Å². The minimum atomic E-state index is -0.326. The summed E-state index contributed by atoms with van der Waals surface area (Å²) < 4.78 is 0. The molecule has 1 amide bonds. The van der Waals surface area contributed by atoms with Crippen molar-refractivity contribution in [2.45, 2.75) is 39.3 Å². The number of carbonyl (C=O) groups is 1. The molecule has 0 aromatic heterocycles. The van der Waals surface area contributed by atoms with Crippen molar-refractivity contribution in [3.05, 3.63) is 0 Å². The van der Waals surface area contributed by atoms with Crippen LogP contribution in [0.2, 0.25) is 0 Å². The average Bonchev–Trinajstić information content (AvgIpc) is 2.64. The minimum absolute atomic E-state index is 0.108. The van der Waals surface area contributed by atoms with Gasteiger partial charge in [-0.25, -0.2) is 0 Å². The first kappa shape index (κ1) is 12.5. The summed E-state index contributed by atoms with van der Waals surface area (Å²) in [5, 5.41) is 9.44. The molecule has 4 atom stereocenters. The Labute approximate surface area is 91.4 Å². The van der Waals surface area contributed by atoms with Crippen molar-refractivity contribution in [1.82, 2.24) is 4.90 Å². The van der Waals surface area contributed by atoms with Gasteiger partial charge in [0, 0.05) is 25.0 Å². The van der Waals surface area contributed by atoms with Crippen molar-refractivity contribution in [2.75, 3.05) is 13.1 Å². The van der Waals surface area contributed by atoms with Gasteiger partial charge >= 0.3 is 0 Å². The molecule has 1 rings (SSSR count). The van der Waals surface area contributed by atoms with Gasteiger partial charge in [0.05, 0.1) is 12.0 Å². The van der Waals surface area contributed by atoms with Gasteiger partial charge in [0.1, 0.15) is 0 Å². The Bertz CT molecular complexity index is 229. The standard InChI is InChI=1S/C11H22N2O2/c1-7(8(2)12)11(15)13-5-4-10(6-13)9(3)14/h7-10,14H,4-6,12H2,1-3H3. The Morgan fingerprint density at radius 3 is 2.47 bits per heavy atom. The molecule has 1 saturated heterocycles. The molecule has 0 bridgehead atoms. The van der Waals surface area contributed by atoms with Crippen LogP contribution >= 0.6 is 0 Å². The smallest absolute Gasteiger partial charge is 0.226 e. The van der Waals surface area contributed by atoms with Gasteiger partial charge < -0.3 is 15.7 Å². The van der Waals surface area contributed by atoms with Crippen molar-refractivity contribution in [3.63, 3.8) is 0 Å². The Hall–Kier alpha value is -0.610. The molecule has 0 aromatic carbocycles. The maximum atomic E-state index is 11.9. The van der Waals surface area contributed by atoms with E-state index in [9.17, 15) is 9.90 Å². The number of amides is 1. The lowest BCUT2D eigenvalue weighted by atomic mass is 10.0. The number of aliphatic hydroxyl groups excluding tert-OH is 1. The summed E-state index contributed by atoms with van der Waals surface area (Å²) in [7, 11) is 0. The molecule has 3 N–H and O–H groups in total. The number of carbonyl (C=O) groups excluding carboxylic acids is 1. The van der Waals surface area contributed by atoms with Crippen molar-refractivity contribution in [1.29, 1.82) is 0 Å². The molecule has 15 heavy (non-hydrogen) atoms. The Morgan fingerprint density at radius 1 is 1.47 bits per heavy atom. The van der Waals surface area contributed by atoms with E-state index in [-0.39, 0.29) is 29.9 Å². The number of aliphatic hydroxyl groups is 1. The highest BCUT2D eigenvalue weighted by atomic mass is 16.3. The van der Waals surface area contributed by atoms with Gasteiger partial charge in [-0.15, -0.1) is 0 Å². The maximum Gasteiger partial charge on any atom is 0.226 e. The largest absolute Gasteiger partial charge is 0.393 e. The Morgan fingerprint density at radius 2 is 2.07 bits per heavy atom. The second-order valence-electron chi connectivity index (χ2n) is 4.72. The van der Waals surface area contributed by atoms with E-state index < -0.39 is 0 Å². The number of hydrogen-bond donors (Lipinski definition) is 2. The lowest BCUT2D eigenvalue weighted by molar-refractivity contribution is -0.134. The summed E-state index contributed by atoms with van der Waals surface area (Å²) in [6.07, 6.45) is 0.572. The van der Waals surface area contributed by atoms with E-state index in [2.05, 4.69) is 0 Å². The Balaban J connectivity index is 2.50. The maximum absolute atomic E-state index is 11.9. The minimum Gasteiger partial charge on any atom is -0.393 e. The van der Waals surface area contributed by atoms with Gasteiger partial charge in [-0.1, -0.05) is 6.92 Å². The topological polar surface area (TPSA) is 66.6 Å². The van der Waals surface area contributed by atoms with E-state index in [1.807, 2.05) is 18.7 Å². The zero-order chi connectivity index (χ0) is 11.6. The highest BCUT2D eigenvalue weighted by Gasteiger charge is 2.31. The molecule has 0 spiro atoms. The van der Waals surface area contributed by atoms with Gasteiger partial charge in [-0.05, 0) is 20.3 Å². The predicted molar refractivity (Wildman–Crippen MR) is 59.2 cm³/mol. The molecule has 0 saturated carbocycles. The van der Waals surface area contributed by atoms with Crippen molar-refractivity contribution < 1.29 is 9.90 Å². The van der Waals surface area contributed by atoms with Gasteiger partial charge in [-0.3, -0.25) is 4.79 Å². The van der Waals surface area contributed by atoms with Crippen LogP contribution in [0.5, 0.6) is 0 Å². The first-order valence-corrected chi connectivity index (χ1v) is 5.66. The highest BCUT2D eigenvalue weighted by Crippen LogP contribution is 2.21. The van der Waals surface area contributed by atoms with E-state index >= 15 is 0 Å². The second-order valence-corrected chi connectivity index (χ2v) is 4.72. The van der Waals surface area contributed by atoms with Crippen molar-refractivity contribution in [2.24, 2.45) is 17.6 Å². The van der Waals surface area contributed by atoms with Crippen LogP contribution in [0, 0.1) is 11.8 Å². The molecule has 1 heterocycles. The number of hydrogen-bond acceptors (Lipinski definition) is 3. The van der Waals surface area contributed by atoms with Crippen molar-refractivity contribution >= 4 is 5.91 Å². The molecule has 0 aromatic rings. The van der Waals surface area contributed by atoms with Gasteiger partial charge in [0.15, 0.2) is 0 Å². The molecule has 1 fully saturated rings. The fraction of sp³-hybridized carbons (Fsp3) is 0.909. The molecule has 0 radical (unpaired) electrons. The number of nitrogens with two attached hydrogens (primary N) is 1. The third-order valence-electron chi connectivity index (χ3n) is 3.40. The third kappa shape index (κ3) is 2.92. The van der Waals surface area contributed by atoms with Crippen LogP contribution in [0.15, 0.2) is 0 Å². The molecule has 0 aliphatic carbocycles. The summed E-state index contributed by atoms with van der Waals surface area (Å²) in [6, 6.07) is -0.108. The van der Waals surface area contributed by atoms with Crippen LogP contribution in [0.4, 0.5) is 0 Å². The summed E-state index contributed by atoms with van der Waals surface area (Å²) in [6.45, 7) is 6.93. The molecular weight excluding hydrogens is 192 g/mol. The molecular formula is C11H22N2O2. The van der Waals surface area contributed by atoms with Crippen molar-refractivity contribution in [3.8, 4) is 0 Å². The molecule has 1 aliphatic heterocycles. The van der Waals surface area contributed by atoms with Gasteiger partial charge in [0.2, 0.25) is 5.91 Å². The number of nitrogens with zero attached hydrogens (tertiary/aromatic N) is 1. The quantitative estimate of drug-likeness (QED) is 0.705. The van der Waals surface area contributed by atoms with Crippen LogP contribution in [0.3, 0.4) is 0 Å². The van der Waals surface area contributed by atoms with Crippen LogP contribution in [0.25, 0.3) is 0 Å². The highest BCUT2D eigenvalue weighted by molar-refractivity contribution is 5.79. The third-order valence-corrected chi connectivity index (χ3v) is 3.40. The Kier molecular flexibility index (Phi) is 4.11. The van der Waals surface area contributed by atoms with E-state index in [4.69, 9.17) is 5.73 Å². The second kappa shape index (κ2) is 4.94. The molecule has 4 heteroatoms. The number of rotatable bonds is 3. The van der Waals surface area contributed by atoms with Crippen LogP contribution < -0.4 is 5.73 Å². The fourth-order valence-corrected chi connectivity index (χ4v) is 1.89. The SMILES string of the molecule is CC(N)C(C)C(=O)N1CCC(C(C)O)C1. The zero-order valence-corrected chi connectivity index (χ0v) is 9.81. The summed E-state index contributed by atoms with van der Waals surface area (Å²) in [4.78, 5) is 13.7. The van der Waals surface area contributed by atoms with Crippen LogP contribution in [0.1, 0.15) is 27.2 Å². The number of likely N-dealkylation sites (tertiary alicyclic amines) is 1. The molecule has 4 unspecified atom stereocenters. The van der Waals surface area contributed by atoms with E-state index in [0.717, 1.165) is 13.0 Å². The lowest BCUT2D eigenvalue weighted by Gasteiger charge is -2.23. The zero-order valence-electron chi connectivity index (χ0n) is 9.81. The lowest BCUT2D eigenvalue weighted by Crippen LogP contribution is -2.41. The fourth-order valence-electron chi connectivity index (χ4n) is 1.89. The van der Waals surface area contributed by atoms with E-state index in [1.165, 1.54) is 0 Å². The average molecular weight is 214 g/mol. The van der Waals surface area contributed by atoms with Crippen LogP contribution in [-0.4, -0.2) is 41.1 Å². The monoisotopic (exact) mass is 214 g/mol. The summed E-state index contributed by atoms with van der Waals surface area (Å²) in [5.74, 6) is 0.222. The van der Waals surface area contributed by atoms with E-state index in [0.29, 0.717) is 6.54 Å².